The number of hydrogen-bond donors (Lipinski definition) is 2. The van der Waals surface area contributed by atoms with E-state index in [9.17, 15) is 14.7 Å². The zero-order valence-electron chi connectivity index (χ0n) is 22.1. The Morgan fingerprint density at radius 3 is 2.25 bits per heavy atom. The second-order valence-electron chi connectivity index (χ2n) is 11.6. The van der Waals surface area contributed by atoms with Gasteiger partial charge in [-0.1, -0.05) is 47.5 Å². The number of ether oxygens (including phenoxy) is 2. The minimum atomic E-state index is -0.892. The van der Waals surface area contributed by atoms with Gasteiger partial charge < -0.3 is 19.9 Å². The van der Waals surface area contributed by atoms with Crippen molar-refractivity contribution in [2.24, 2.45) is 17.3 Å². The first kappa shape index (κ1) is 28.7. The van der Waals surface area contributed by atoms with Crippen molar-refractivity contribution in [3.8, 4) is 0 Å². The molecule has 0 radical (unpaired) electrons. The van der Waals surface area contributed by atoms with Crippen LogP contribution in [-0.4, -0.2) is 58.6 Å². The largest absolute Gasteiger partial charge is 0.444 e. The molecule has 7 heteroatoms. The molecule has 2 N–H and O–H groups in total. The SMILES string of the molecule is CCCCC(C)(C)C(=O)NC[C@@H]1OC(C)(C)N(C(=O)OC(C)(C)C)[C@H]1C[C@H](CO)C(C)C. The van der Waals surface area contributed by atoms with Gasteiger partial charge in [0.25, 0.3) is 0 Å². The minimum Gasteiger partial charge on any atom is -0.444 e. The third kappa shape index (κ3) is 7.91. The van der Waals surface area contributed by atoms with Crippen LogP contribution in [0.3, 0.4) is 0 Å². The summed E-state index contributed by atoms with van der Waals surface area (Å²) in [7, 11) is 0. The Labute approximate surface area is 195 Å². The highest BCUT2D eigenvalue weighted by Gasteiger charge is 2.51. The molecule has 1 saturated heterocycles. The number of carbonyl (C=O) groups is 2. The van der Waals surface area contributed by atoms with E-state index in [1.54, 1.807) is 4.90 Å². The van der Waals surface area contributed by atoms with Gasteiger partial charge in [0.05, 0.1) is 12.1 Å². The highest BCUT2D eigenvalue weighted by molar-refractivity contribution is 5.81. The molecule has 0 aliphatic carbocycles. The number of carbonyl (C=O) groups excluding carboxylic acids is 2. The highest BCUT2D eigenvalue weighted by Crippen LogP contribution is 2.37. The number of nitrogens with one attached hydrogen (secondary N) is 1. The predicted octanol–water partition coefficient (Wildman–Crippen LogP) is 4.71. The van der Waals surface area contributed by atoms with Gasteiger partial charge >= 0.3 is 6.09 Å². The summed E-state index contributed by atoms with van der Waals surface area (Å²) >= 11 is 0. The second kappa shape index (κ2) is 11.2. The van der Waals surface area contributed by atoms with Crippen LogP contribution >= 0.6 is 0 Å². The number of rotatable bonds is 10. The molecule has 2 amide bonds. The van der Waals surface area contributed by atoms with Crippen molar-refractivity contribution in [3.05, 3.63) is 0 Å². The van der Waals surface area contributed by atoms with Gasteiger partial charge in [-0.25, -0.2) is 4.79 Å². The van der Waals surface area contributed by atoms with Crippen LogP contribution in [-0.2, 0) is 14.3 Å². The lowest BCUT2D eigenvalue weighted by Crippen LogP contribution is -2.52. The number of hydrogen-bond acceptors (Lipinski definition) is 5. The summed E-state index contributed by atoms with van der Waals surface area (Å²) in [5.41, 5.74) is -1.99. The summed E-state index contributed by atoms with van der Waals surface area (Å²) in [6.07, 6.45) is 2.59. The van der Waals surface area contributed by atoms with Crippen LogP contribution in [0.1, 0.15) is 94.9 Å². The van der Waals surface area contributed by atoms with E-state index in [2.05, 4.69) is 26.1 Å². The predicted molar refractivity (Wildman–Crippen MR) is 127 cm³/mol. The number of unbranched alkanes of at least 4 members (excludes halogenated alkanes) is 1. The van der Waals surface area contributed by atoms with E-state index in [1.807, 2.05) is 48.5 Å². The van der Waals surface area contributed by atoms with Crippen molar-refractivity contribution in [1.29, 1.82) is 0 Å². The van der Waals surface area contributed by atoms with Crippen LogP contribution in [0.5, 0.6) is 0 Å². The average molecular weight is 457 g/mol. The van der Waals surface area contributed by atoms with Gasteiger partial charge in [-0.3, -0.25) is 9.69 Å². The van der Waals surface area contributed by atoms with E-state index in [0.29, 0.717) is 13.0 Å². The normalized spacial score (nSPS) is 22.2. The summed E-state index contributed by atoms with van der Waals surface area (Å²) in [5.74, 6) is 0.235. The summed E-state index contributed by atoms with van der Waals surface area (Å²) in [5, 5.41) is 13.0. The fourth-order valence-corrected chi connectivity index (χ4v) is 4.21. The summed E-state index contributed by atoms with van der Waals surface area (Å²) in [6.45, 7) is 19.7. The van der Waals surface area contributed by atoms with Gasteiger partial charge in [0.2, 0.25) is 5.91 Å². The third-order valence-corrected chi connectivity index (χ3v) is 6.33. The van der Waals surface area contributed by atoms with E-state index >= 15 is 0 Å². The second-order valence-corrected chi connectivity index (χ2v) is 11.6. The number of nitrogens with zero attached hydrogens (tertiary/aromatic N) is 1. The molecule has 188 valence electrons. The minimum absolute atomic E-state index is 0.00151. The Morgan fingerprint density at radius 2 is 1.78 bits per heavy atom. The smallest absolute Gasteiger partial charge is 0.412 e. The van der Waals surface area contributed by atoms with Gasteiger partial charge in [0.1, 0.15) is 11.3 Å². The van der Waals surface area contributed by atoms with Crippen molar-refractivity contribution in [1.82, 2.24) is 10.2 Å². The molecule has 1 aliphatic heterocycles. The zero-order chi connectivity index (χ0) is 24.9. The first-order valence-electron chi connectivity index (χ1n) is 12.1. The average Bonchev–Trinajstić information content (AvgIpc) is 2.90. The first-order valence-corrected chi connectivity index (χ1v) is 12.1. The van der Waals surface area contributed by atoms with Gasteiger partial charge in [-0.15, -0.1) is 0 Å². The van der Waals surface area contributed by atoms with Gasteiger partial charge in [0.15, 0.2) is 0 Å². The number of aliphatic hydroxyl groups is 1. The molecule has 0 unspecified atom stereocenters. The molecule has 0 bridgehead atoms. The van der Waals surface area contributed by atoms with Crippen LogP contribution in [0.25, 0.3) is 0 Å². The van der Waals surface area contributed by atoms with Gasteiger partial charge in [-0.2, -0.15) is 0 Å². The molecule has 1 rings (SSSR count). The highest BCUT2D eigenvalue weighted by atomic mass is 16.6. The first-order chi connectivity index (χ1) is 14.6. The molecule has 0 aromatic rings. The monoisotopic (exact) mass is 456 g/mol. The molecule has 0 aromatic heterocycles. The van der Waals surface area contributed by atoms with E-state index < -0.39 is 28.9 Å². The number of amides is 2. The van der Waals surface area contributed by atoms with Crippen LogP contribution in [0.4, 0.5) is 4.79 Å². The van der Waals surface area contributed by atoms with Gasteiger partial charge in [-0.05, 0) is 59.3 Å². The lowest BCUT2D eigenvalue weighted by molar-refractivity contribution is -0.131. The molecule has 32 heavy (non-hydrogen) atoms. The Hall–Kier alpha value is -1.34. The zero-order valence-corrected chi connectivity index (χ0v) is 22.1. The Balaban J connectivity index is 3.11. The van der Waals surface area contributed by atoms with Crippen LogP contribution in [0.15, 0.2) is 0 Å². The Kier molecular flexibility index (Phi) is 10.0. The van der Waals surface area contributed by atoms with Crippen molar-refractivity contribution >= 4 is 12.0 Å². The maximum atomic E-state index is 13.2. The fourth-order valence-electron chi connectivity index (χ4n) is 4.21. The molecule has 0 spiro atoms. The topological polar surface area (TPSA) is 88.1 Å². The molecular weight excluding hydrogens is 408 g/mol. The maximum Gasteiger partial charge on any atom is 0.412 e. The molecule has 3 atom stereocenters. The lowest BCUT2D eigenvalue weighted by Gasteiger charge is -2.36. The molecule has 0 saturated carbocycles. The maximum absolute atomic E-state index is 13.2. The van der Waals surface area contributed by atoms with Gasteiger partial charge in [0, 0.05) is 18.6 Å². The van der Waals surface area contributed by atoms with E-state index in [-0.39, 0.29) is 30.4 Å². The lowest BCUT2D eigenvalue weighted by atomic mass is 9.85. The summed E-state index contributed by atoms with van der Waals surface area (Å²) in [4.78, 5) is 27.7. The Bertz CT molecular complexity index is 624. The standard InChI is InChI=1S/C25H48N2O5/c1-11-12-13-24(7,8)21(29)26-15-20-19(14-18(16-28)17(2)3)27(25(9,10)31-20)22(30)32-23(4,5)6/h17-20,28H,11-16H2,1-10H3,(H,26,29)/t18-,19+,20+/m1/s1. The van der Waals surface area contributed by atoms with Crippen molar-refractivity contribution in [3.63, 3.8) is 0 Å². The van der Waals surface area contributed by atoms with Crippen molar-refractivity contribution < 1.29 is 24.2 Å². The quantitative estimate of drug-likeness (QED) is 0.497. The van der Waals surface area contributed by atoms with Crippen LogP contribution in [0.2, 0.25) is 0 Å². The summed E-state index contributed by atoms with van der Waals surface area (Å²) in [6, 6.07) is -0.321. The van der Waals surface area contributed by atoms with Crippen LogP contribution in [0, 0.1) is 17.3 Å². The molecule has 1 aliphatic rings. The van der Waals surface area contributed by atoms with Crippen LogP contribution < -0.4 is 5.32 Å². The van der Waals surface area contributed by atoms with E-state index in [4.69, 9.17) is 9.47 Å². The molecule has 1 heterocycles. The van der Waals surface area contributed by atoms with E-state index in [1.165, 1.54) is 0 Å². The van der Waals surface area contributed by atoms with E-state index in [0.717, 1.165) is 19.3 Å². The van der Waals surface area contributed by atoms with Crippen molar-refractivity contribution in [2.45, 2.75) is 118 Å². The molecule has 0 aromatic carbocycles. The molecule has 7 nitrogen and oxygen atoms in total. The molecular formula is C25H48N2O5. The molecule has 1 fully saturated rings. The third-order valence-electron chi connectivity index (χ3n) is 6.33. The Morgan fingerprint density at radius 1 is 1.19 bits per heavy atom. The number of aliphatic hydroxyl groups excluding tert-OH is 1. The van der Waals surface area contributed by atoms with Crippen molar-refractivity contribution in [2.75, 3.05) is 13.2 Å². The summed E-state index contributed by atoms with van der Waals surface area (Å²) < 4.78 is 12.0. The fraction of sp³-hybridized carbons (Fsp3) is 0.920.